The number of rotatable bonds is 2. The lowest BCUT2D eigenvalue weighted by Gasteiger charge is -2.07. The zero-order valence-corrected chi connectivity index (χ0v) is 12.0. The molecular formula is C16H15N5. The van der Waals surface area contributed by atoms with E-state index in [0.717, 1.165) is 28.1 Å². The van der Waals surface area contributed by atoms with E-state index in [4.69, 9.17) is 10.2 Å². The maximum Gasteiger partial charge on any atom is 0.144 e. The molecular weight excluding hydrogens is 262 g/mol. The zero-order chi connectivity index (χ0) is 14.6. The van der Waals surface area contributed by atoms with Gasteiger partial charge in [-0.1, -0.05) is 0 Å². The first-order valence-electron chi connectivity index (χ1n) is 7.10. The van der Waals surface area contributed by atoms with Gasteiger partial charge in [0.1, 0.15) is 5.82 Å². The maximum absolute atomic E-state index is 9.06. The van der Waals surface area contributed by atoms with Crippen LogP contribution < -0.4 is 0 Å². The molecule has 0 bridgehead atoms. The Labute approximate surface area is 122 Å². The molecule has 1 saturated carbocycles. The molecule has 1 aromatic carbocycles. The molecule has 0 aliphatic heterocycles. The van der Waals surface area contributed by atoms with Crippen molar-refractivity contribution in [3.63, 3.8) is 0 Å². The third-order valence-electron chi connectivity index (χ3n) is 4.21. The average molecular weight is 277 g/mol. The molecule has 5 heteroatoms. The second kappa shape index (κ2) is 4.19. The number of fused-ring (bicyclic) bond motifs is 1. The molecule has 4 rings (SSSR count). The fraction of sp³-hybridized carbons (Fsp3) is 0.312. The van der Waals surface area contributed by atoms with E-state index in [-0.39, 0.29) is 0 Å². The van der Waals surface area contributed by atoms with Gasteiger partial charge in [-0.2, -0.15) is 10.4 Å². The van der Waals surface area contributed by atoms with Crippen LogP contribution in [0.5, 0.6) is 0 Å². The van der Waals surface area contributed by atoms with Crippen LogP contribution in [0.1, 0.15) is 30.1 Å². The van der Waals surface area contributed by atoms with Gasteiger partial charge in [-0.05, 0) is 38.0 Å². The number of nitriles is 1. The smallest absolute Gasteiger partial charge is 0.144 e. The minimum absolute atomic E-state index is 0.526. The molecule has 1 aliphatic rings. The molecule has 3 aromatic rings. The highest BCUT2D eigenvalue weighted by Gasteiger charge is 2.29. The van der Waals surface area contributed by atoms with Crippen molar-refractivity contribution >= 4 is 11.0 Å². The second-order valence-electron chi connectivity index (χ2n) is 5.62. The number of hydrogen-bond acceptors (Lipinski definition) is 3. The van der Waals surface area contributed by atoms with E-state index in [1.165, 1.54) is 12.8 Å². The van der Waals surface area contributed by atoms with Crippen molar-refractivity contribution in [3.8, 4) is 17.5 Å². The Morgan fingerprint density at radius 2 is 2.14 bits per heavy atom. The van der Waals surface area contributed by atoms with E-state index in [9.17, 15) is 0 Å². The molecule has 104 valence electrons. The first-order valence-corrected chi connectivity index (χ1v) is 7.10. The minimum Gasteiger partial charge on any atom is -0.321 e. The molecule has 0 radical (unpaired) electrons. The topological polar surface area (TPSA) is 59.4 Å². The van der Waals surface area contributed by atoms with Crippen LogP contribution in [-0.2, 0) is 7.05 Å². The van der Waals surface area contributed by atoms with Gasteiger partial charge in [-0.15, -0.1) is 0 Å². The van der Waals surface area contributed by atoms with Crippen molar-refractivity contribution in [1.82, 2.24) is 19.3 Å². The first kappa shape index (κ1) is 12.2. The van der Waals surface area contributed by atoms with E-state index < -0.39 is 0 Å². The molecule has 1 aliphatic carbocycles. The largest absolute Gasteiger partial charge is 0.321 e. The summed E-state index contributed by atoms with van der Waals surface area (Å²) < 4.78 is 4.17. The highest BCUT2D eigenvalue weighted by Crippen LogP contribution is 2.41. The van der Waals surface area contributed by atoms with E-state index in [1.807, 2.05) is 36.1 Å². The average Bonchev–Trinajstić information content (AvgIpc) is 3.19. The lowest BCUT2D eigenvalue weighted by atomic mass is 10.2. The van der Waals surface area contributed by atoms with Gasteiger partial charge >= 0.3 is 0 Å². The minimum atomic E-state index is 0.526. The Hall–Kier alpha value is -2.61. The third kappa shape index (κ3) is 1.76. The van der Waals surface area contributed by atoms with Crippen molar-refractivity contribution in [1.29, 1.82) is 5.26 Å². The standard InChI is InChI=1S/C16H15N5/c1-10-13(9-18-20(10)2)16-19-14-7-11(8-17)3-6-15(14)21(16)12-4-5-12/h3,6-7,9,12H,4-5H2,1-2H3. The van der Waals surface area contributed by atoms with Gasteiger partial charge in [-0.25, -0.2) is 4.98 Å². The van der Waals surface area contributed by atoms with Crippen LogP contribution in [0.3, 0.4) is 0 Å². The number of hydrogen-bond donors (Lipinski definition) is 0. The summed E-state index contributed by atoms with van der Waals surface area (Å²) in [5, 5.41) is 13.4. The number of benzene rings is 1. The van der Waals surface area contributed by atoms with Crippen LogP contribution in [0.2, 0.25) is 0 Å². The summed E-state index contributed by atoms with van der Waals surface area (Å²) in [6.07, 6.45) is 4.26. The number of aryl methyl sites for hydroxylation is 1. The van der Waals surface area contributed by atoms with Crippen molar-refractivity contribution < 1.29 is 0 Å². The summed E-state index contributed by atoms with van der Waals surface area (Å²) in [7, 11) is 1.94. The number of nitrogens with zero attached hydrogens (tertiary/aromatic N) is 5. The highest BCUT2D eigenvalue weighted by molar-refractivity contribution is 5.82. The summed E-state index contributed by atoms with van der Waals surface area (Å²) in [6, 6.07) is 8.44. The Kier molecular flexibility index (Phi) is 2.43. The van der Waals surface area contributed by atoms with E-state index in [1.54, 1.807) is 0 Å². The SMILES string of the molecule is Cc1c(-c2nc3cc(C#N)ccc3n2C2CC2)cnn1C. The fourth-order valence-electron chi connectivity index (χ4n) is 2.78. The van der Waals surface area contributed by atoms with Crippen LogP contribution in [0, 0.1) is 18.3 Å². The highest BCUT2D eigenvalue weighted by atomic mass is 15.3. The van der Waals surface area contributed by atoms with Crippen LogP contribution in [0.4, 0.5) is 0 Å². The summed E-state index contributed by atoms with van der Waals surface area (Å²) in [5.41, 5.74) is 4.82. The molecule has 5 nitrogen and oxygen atoms in total. The Morgan fingerprint density at radius 1 is 1.33 bits per heavy atom. The molecule has 0 N–H and O–H groups in total. The van der Waals surface area contributed by atoms with Crippen LogP contribution in [0.15, 0.2) is 24.4 Å². The Morgan fingerprint density at radius 3 is 2.76 bits per heavy atom. The molecule has 21 heavy (non-hydrogen) atoms. The molecule has 2 aromatic heterocycles. The maximum atomic E-state index is 9.06. The molecule has 0 atom stereocenters. The summed E-state index contributed by atoms with van der Waals surface area (Å²) >= 11 is 0. The number of aromatic nitrogens is 4. The van der Waals surface area contributed by atoms with Gasteiger partial charge in [0.25, 0.3) is 0 Å². The summed E-state index contributed by atoms with van der Waals surface area (Å²) in [4.78, 5) is 4.79. The molecule has 0 amide bonds. The monoisotopic (exact) mass is 277 g/mol. The van der Waals surface area contributed by atoms with Gasteiger partial charge < -0.3 is 4.57 Å². The normalized spacial score (nSPS) is 14.5. The van der Waals surface area contributed by atoms with Crippen LogP contribution in [-0.4, -0.2) is 19.3 Å². The zero-order valence-electron chi connectivity index (χ0n) is 12.0. The number of imidazole rings is 1. The van der Waals surface area contributed by atoms with Gasteiger partial charge in [0.05, 0.1) is 34.4 Å². The van der Waals surface area contributed by atoms with Crippen LogP contribution >= 0.6 is 0 Å². The first-order chi connectivity index (χ1) is 10.2. The predicted molar refractivity (Wildman–Crippen MR) is 79.7 cm³/mol. The van der Waals surface area contributed by atoms with Gasteiger partial charge in [0.15, 0.2) is 0 Å². The van der Waals surface area contributed by atoms with Gasteiger partial charge in [0, 0.05) is 18.8 Å². The fourth-order valence-corrected chi connectivity index (χ4v) is 2.78. The van der Waals surface area contributed by atoms with E-state index >= 15 is 0 Å². The van der Waals surface area contributed by atoms with E-state index in [0.29, 0.717) is 11.6 Å². The van der Waals surface area contributed by atoms with Crippen molar-refractivity contribution in [3.05, 3.63) is 35.7 Å². The van der Waals surface area contributed by atoms with Crippen molar-refractivity contribution in [2.75, 3.05) is 0 Å². The van der Waals surface area contributed by atoms with Gasteiger partial charge in [-0.3, -0.25) is 4.68 Å². The quantitative estimate of drug-likeness (QED) is 0.723. The molecule has 0 unspecified atom stereocenters. The summed E-state index contributed by atoms with van der Waals surface area (Å²) in [6.45, 7) is 2.06. The Bertz CT molecular complexity index is 889. The summed E-state index contributed by atoms with van der Waals surface area (Å²) in [5.74, 6) is 0.966. The predicted octanol–water partition coefficient (Wildman–Crippen LogP) is 2.95. The Balaban J connectivity index is 2.02. The van der Waals surface area contributed by atoms with Crippen LogP contribution in [0.25, 0.3) is 22.4 Å². The van der Waals surface area contributed by atoms with Crippen molar-refractivity contribution in [2.24, 2.45) is 7.05 Å². The second-order valence-corrected chi connectivity index (χ2v) is 5.62. The van der Waals surface area contributed by atoms with E-state index in [2.05, 4.69) is 22.7 Å². The molecule has 0 saturated heterocycles. The molecule has 1 fully saturated rings. The molecule has 0 spiro atoms. The lowest BCUT2D eigenvalue weighted by molar-refractivity contribution is 0.738. The third-order valence-corrected chi connectivity index (χ3v) is 4.21. The van der Waals surface area contributed by atoms with Gasteiger partial charge in [0.2, 0.25) is 0 Å². The lowest BCUT2D eigenvalue weighted by Crippen LogP contribution is -1.99. The van der Waals surface area contributed by atoms with Crippen molar-refractivity contribution in [2.45, 2.75) is 25.8 Å². The molecule has 2 heterocycles.